The molecular formula is C15H22BrN2O+. The Hall–Kier alpha value is -0.870. The van der Waals surface area contributed by atoms with Crippen LogP contribution in [0, 0.1) is 11.8 Å². The van der Waals surface area contributed by atoms with Crippen molar-refractivity contribution < 1.29 is 9.69 Å². The maximum Gasteiger partial charge on any atom is 0.279 e. The van der Waals surface area contributed by atoms with Crippen molar-refractivity contribution in [3.8, 4) is 0 Å². The lowest BCUT2D eigenvalue weighted by Gasteiger charge is -2.31. The first-order chi connectivity index (χ1) is 9.02. The zero-order chi connectivity index (χ0) is 13.8. The molecule has 3 nitrogen and oxygen atoms in total. The second-order valence-corrected chi connectivity index (χ2v) is 6.76. The van der Waals surface area contributed by atoms with Gasteiger partial charge in [-0.2, -0.15) is 0 Å². The molecule has 1 aliphatic heterocycles. The van der Waals surface area contributed by atoms with Crippen LogP contribution in [-0.2, 0) is 4.79 Å². The minimum absolute atomic E-state index is 0.106. The van der Waals surface area contributed by atoms with Crippen LogP contribution >= 0.6 is 15.9 Å². The number of halogens is 1. The number of nitrogens with one attached hydrogen (secondary N) is 2. The van der Waals surface area contributed by atoms with E-state index >= 15 is 0 Å². The lowest BCUT2D eigenvalue weighted by Crippen LogP contribution is -3.15. The van der Waals surface area contributed by atoms with E-state index in [1.54, 1.807) is 0 Å². The van der Waals surface area contributed by atoms with Gasteiger partial charge in [-0.3, -0.25) is 4.79 Å². The molecule has 0 bridgehead atoms. The van der Waals surface area contributed by atoms with Crippen molar-refractivity contribution in [3.63, 3.8) is 0 Å². The smallest absolute Gasteiger partial charge is 0.279 e. The van der Waals surface area contributed by atoms with Gasteiger partial charge in [-0.25, -0.2) is 0 Å². The Balaban J connectivity index is 1.87. The molecule has 2 rings (SSSR count). The highest BCUT2D eigenvalue weighted by Gasteiger charge is 2.26. The van der Waals surface area contributed by atoms with Crippen molar-refractivity contribution in [2.45, 2.75) is 20.3 Å². The summed E-state index contributed by atoms with van der Waals surface area (Å²) in [5.41, 5.74) is 0.858. The summed E-state index contributed by atoms with van der Waals surface area (Å²) >= 11 is 3.41. The summed E-state index contributed by atoms with van der Waals surface area (Å²) in [6.45, 7) is 7.34. The molecule has 4 heteroatoms. The van der Waals surface area contributed by atoms with Gasteiger partial charge < -0.3 is 10.2 Å². The molecule has 1 amide bonds. The number of amides is 1. The molecule has 1 aromatic carbocycles. The van der Waals surface area contributed by atoms with Gasteiger partial charge in [-0.15, -0.1) is 0 Å². The maximum atomic E-state index is 12.1. The Morgan fingerprint density at radius 1 is 1.37 bits per heavy atom. The number of rotatable bonds is 3. The summed E-state index contributed by atoms with van der Waals surface area (Å²) in [5.74, 6) is 1.55. The third-order valence-corrected chi connectivity index (χ3v) is 4.09. The monoisotopic (exact) mass is 325 g/mol. The van der Waals surface area contributed by atoms with Gasteiger partial charge in [-0.1, -0.05) is 35.8 Å². The molecule has 1 heterocycles. The molecule has 0 saturated carbocycles. The van der Waals surface area contributed by atoms with Crippen LogP contribution in [0.25, 0.3) is 0 Å². The maximum absolute atomic E-state index is 12.1. The van der Waals surface area contributed by atoms with Crippen molar-refractivity contribution in [1.29, 1.82) is 0 Å². The molecular weight excluding hydrogens is 304 g/mol. The quantitative estimate of drug-likeness (QED) is 0.875. The molecule has 1 fully saturated rings. The molecule has 1 aliphatic rings. The number of hydrogen-bond donors (Lipinski definition) is 2. The summed E-state index contributed by atoms with van der Waals surface area (Å²) in [6, 6.07) is 7.72. The Bertz CT molecular complexity index is 440. The first-order valence-corrected chi connectivity index (χ1v) is 7.71. The molecule has 0 spiro atoms. The summed E-state index contributed by atoms with van der Waals surface area (Å²) in [5, 5.41) is 2.97. The van der Waals surface area contributed by atoms with Crippen LogP contribution in [0.5, 0.6) is 0 Å². The van der Waals surface area contributed by atoms with Gasteiger partial charge in [0.05, 0.1) is 13.1 Å². The van der Waals surface area contributed by atoms with Gasteiger partial charge in [0.15, 0.2) is 6.54 Å². The molecule has 2 N–H and O–H groups in total. The molecule has 1 saturated heterocycles. The average Bonchev–Trinajstić information content (AvgIpc) is 2.26. The molecule has 0 unspecified atom stereocenters. The lowest BCUT2D eigenvalue weighted by atomic mass is 9.92. The van der Waals surface area contributed by atoms with Gasteiger partial charge in [0, 0.05) is 22.0 Å². The van der Waals surface area contributed by atoms with E-state index in [1.807, 2.05) is 24.3 Å². The number of benzene rings is 1. The van der Waals surface area contributed by atoms with Crippen molar-refractivity contribution in [2.24, 2.45) is 11.8 Å². The first kappa shape index (κ1) is 14.5. The second kappa shape index (κ2) is 6.53. The van der Waals surface area contributed by atoms with E-state index in [0.717, 1.165) is 35.1 Å². The Morgan fingerprint density at radius 2 is 2.05 bits per heavy atom. The fourth-order valence-corrected chi connectivity index (χ4v) is 3.46. The van der Waals surface area contributed by atoms with Gasteiger partial charge >= 0.3 is 0 Å². The van der Waals surface area contributed by atoms with E-state index < -0.39 is 0 Å². The SMILES string of the molecule is C[C@H]1C[C@H](C)C[NH+](CC(=O)Nc2cccc(Br)c2)C1. The van der Waals surface area contributed by atoms with Crippen molar-refractivity contribution in [1.82, 2.24) is 0 Å². The van der Waals surface area contributed by atoms with Gasteiger partial charge in [0.1, 0.15) is 0 Å². The summed E-state index contributed by atoms with van der Waals surface area (Å²) in [6.07, 6.45) is 1.29. The summed E-state index contributed by atoms with van der Waals surface area (Å²) in [7, 11) is 0. The van der Waals surface area contributed by atoms with E-state index in [0.29, 0.717) is 6.54 Å². The van der Waals surface area contributed by atoms with Gasteiger partial charge in [0.2, 0.25) is 0 Å². The third kappa shape index (κ3) is 4.62. The Labute approximate surface area is 123 Å². The van der Waals surface area contributed by atoms with E-state index in [9.17, 15) is 4.79 Å². The van der Waals surface area contributed by atoms with Crippen molar-refractivity contribution >= 4 is 27.5 Å². The largest absolute Gasteiger partial charge is 0.327 e. The van der Waals surface area contributed by atoms with Gasteiger partial charge in [0.25, 0.3) is 5.91 Å². The van der Waals surface area contributed by atoms with E-state index in [4.69, 9.17) is 0 Å². The van der Waals surface area contributed by atoms with Crippen molar-refractivity contribution in [3.05, 3.63) is 28.7 Å². The minimum atomic E-state index is 0.106. The van der Waals surface area contributed by atoms with Crippen LogP contribution in [0.15, 0.2) is 28.7 Å². The second-order valence-electron chi connectivity index (χ2n) is 5.84. The molecule has 19 heavy (non-hydrogen) atoms. The molecule has 0 radical (unpaired) electrons. The molecule has 104 valence electrons. The number of likely N-dealkylation sites (tertiary alicyclic amines) is 1. The minimum Gasteiger partial charge on any atom is -0.327 e. The van der Waals surface area contributed by atoms with E-state index in [-0.39, 0.29) is 5.91 Å². The van der Waals surface area contributed by atoms with Crippen LogP contribution in [0.4, 0.5) is 5.69 Å². The number of carbonyl (C=O) groups excluding carboxylic acids is 1. The third-order valence-electron chi connectivity index (χ3n) is 3.60. The highest BCUT2D eigenvalue weighted by Crippen LogP contribution is 2.15. The van der Waals surface area contributed by atoms with E-state index in [1.165, 1.54) is 11.3 Å². The van der Waals surface area contributed by atoms with Crippen LogP contribution in [-0.4, -0.2) is 25.5 Å². The van der Waals surface area contributed by atoms with Crippen LogP contribution < -0.4 is 10.2 Å². The standard InChI is InChI=1S/C15H21BrN2O/c1-11-6-12(2)9-18(8-11)10-15(19)17-14-5-3-4-13(16)7-14/h3-5,7,11-12H,6,8-10H2,1-2H3,(H,17,19)/p+1/t11-,12-/m0/s1. The topological polar surface area (TPSA) is 33.5 Å². The number of anilines is 1. The number of carbonyl (C=O) groups is 1. The molecule has 1 aromatic rings. The predicted molar refractivity (Wildman–Crippen MR) is 81.3 cm³/mol. The fourth-order valence-electron chi connectivity index (χ4n) is 3.07. The molecule has 0 aliphatic carbocycles. The molecule has 0 aromatic heterocycles. The lowest BCUT2D eigenvalue weighted by molar-refractivity contribution is -0.904. The van der Waals surface area contributed by atoms with Crippen molar-refractivity contribution in [2.75, 3.05) is 25.0 Å². The zero-order valence-electron chi connectivity index (χ0n) is 11.6. The predicted octanol–water partition coefficient (Wildman–Crippen LogP) is 1.95. The summed E-state index contributed by atoms with van der Waals surface area (Å²) in [4.78, 5) is 13.5. The highest BCUT2D eigenvalue weighted by molar-refractivity contribution is 9.10. The number of quaternary nitrogens is 1. The highest BCUT2D eigenvalue weighted by atomic mass is 79.9. The van der Waals surface area contributed by atoms with E-state index in [2.05, 4.69) is 35.1 Å². The van der Waals surface area contributed by atoms with Gasteiger partial charge in [-0.05, 0) is 24.6 Å². The first-order valence-electron chi connectivity index (χ1n) is 6.92. The summed E-state index contributed by atoms with van der Waals surface area (Å²) < 4.78 is 0.984. The zero-order valence-corrected chi connectivity index (χ0v) is 13.2. The average molecular weight is 326 g/mol. The normalized spacial score (nSPS) is 27.0. The van der Waals surface area contributed by atoms with Crippen LogP contribution in [0.2, 0.25) is 0 Å². The van der Waals surface area contributed by atoms with Crippen LogP contribution in [0.1, 0.15) is 20.3 Å². The molecule has 2 atom stereocenters. The Kier molecular flexibility index (Phi) is 4.99. The number of hydrogen-bond acceptors (Lipinski definition) is 1. The van der Waals surface area contributed by atoms with Crippen LogP contribution in [0.3, 0.4) is 0 Å². The number of piperidine rings is 1. The Morgan fingerprint density at radius 3 is 2.68 bits per heavy atom. The fraction of sp³-hybridized carbons (Fsp3) is 0.533.